The number of carbonyl (C=O) groups excluding carboxylic acids is 1. The number of carbonyl (C=O) groups is 1. The Morgan fingerprint density at radius 1 is 0.929 bits per heavy atom. The van der Waals surface area contributed by atoms with Gasteiger partial charge in [-0.3, -0.25) is 4.79 Å². The van der Waals surface area contributed by atoms with E-state index in [4.69, 9.17) is 18.9 Å². The van der Waals surface area contributed by atoms with Gasteiger partial charge in [0.05, 0.1) is 52.7 Å². The predicted molar refractivity (Wildman–Crippen MR) is 102 cm³/mol. The molecular weight excluding hydrogens is 366 g/mol. The fraction of sp³-hybridized carbons (Fsp3) is 0.350. The predicted octanol–water partition coefficient (Wildman–Crippen LogP) is 2.12. The molecule has 150 valence electrons. The fourth-order valence-electron chi connectivity index (χ4n) is 3.49. The van der Waals surface area contributed by atoms with Gasteiger partial charge in [-0.15, -0.1) is 0 Å². The van der Waals surface area contributed by atoms with Gasteiger partial charge in [-0.05, 0) is 17.7 Å². The van der Waals surface area contributed by atoms with E-state index in [1.807, 2.05) is 0 Å². The molecule has 1 fully saturated rings. The minimum Gasteiger partial charge on any atom is -0.504 e. The summed E-state index contributed by atoms with van der Waals surface area (Å²) in [6.45, 7) is -0.308. The van der Waals surface area contributed by atoms with Crippen LogP contribution in [0.1, 0.15) is 11.6 Å². The van der Waals surface area contributed by atoms with Crippen LogP contribution in [0.25, 0.3) is 0 Å². The number of methoxy groups -OCH3 is 4. The lowest BCUT2D eigenvalue weighted by Gasteiger charge is -2.47. The van der Waals surface area contributed by atoms with Crippen molar-refractivity contribution in [1.29, 1.82) is 0 Å². The highest BCUT2D eigenvalue weighted by Crippen LogP contribution is 2.49. The first-order valence-corrected chi connectivity index (χ1v) is 8.61. The Morgan fingerprint density at radius 2 is 1.54 bits per heavy atom. The topological polar surface area (TPSA) is 97.7 Å². The quantitative estimate of drug-likeness (QED) is 0.700. The molecule has 2 atom stereocenters. The van der Waals surface area contributed by atoms with Crippen LogP contribution < -0.4 is 23.8 Å². The summed E-state index contributed by atoms with van der Waals surface area (Å²) in [5.74, 6) is 0.667. The zero-order valence-electron chi connectivity index (χ0n) is 16.1. The Balaban J connectivity index is 2.07. The summed E-state index contributed by atoms with van der Waals surface area (Å²) >= 11 is 0. The van der Waals surface area contributed by atoms with Crippen LogP contribution in [0.4, 0.5) is 5.69 Å². The van der Waals surface area contributed by atoms with Crippen LogP contribution in [-0.4, -0.2) is 51.2 Å². The molecule has 2 aromatic rings. The molecule has 0 aliphatic carbocycles. The van der Waals surface area contributed by atoms with Crippen LogP contribution in [-0.2, 0) is 4.79 Å². The molecule has 1 amide bonds. The number of β-lactam (4-membered cyclic amide) rings is 1. The number of anilines is 1. The third kappa shape index (κ3) is 3.05. The molecule has 1 aliphatic heterocycles. The summed E-state index contributed by atoms with van der Waals surface area (Å²) in [7, 11) is 5.95. The minimum absolute atomic E-state index is 0.0409. The van der Waals surface area contributed by atoms with Crippen LogP contribution in [0.3, 0.4) is 0 Å². The summed E-state index contributed by atoms with van der Waals surface area (Å²) in [5.41, 5.74) is 1.20. The summed E-state index contributed by atoms with van der Waals surface area (Å²) < 4.78 is 21.1. The highest BCUT2D eigenvalue weighted by atomic mass is 16.5. The molecule has 0 saturated carbocycles. The Morgan fingerprint density at radius 3 is 2.00 bits per heavy atom. The standard InChI is InChI=1S/C20H23NO7/c1-25-15-6-5-11(7-14(15)23)18-13(10-22)20(24)21(18)12-8-16(26-2)19(28-4)17(9-12)27-3/h5-9,13,18,22-23H,10H2,1-4H3/t13-,18+/m0/s1. The van der Waals surface area contributed by atoms with Crippen molar-refractivity contribution >= 4 is 11.6 Å². The molecule has 2 aromatic carbocycles. The first-order valence-electron chi connectivity index (χ1n) is 8.61. The van der Waals surface area contributed by atoms with Gasteiger partial charge in [0.15, 0.2) is 23.0 Å². The van der Waals surface area contributed by atoms with Gasteiger partial charge >= 0.3 is 0 Å². The molecular formula is C20H23NO7. The minimum atomic E-state index is -0.619. The number of nitrogens with zero attached hydrogens (tertiary/aromatic N) is 1. The molecule has 8 nitrogen and oxygen atoms in total. The first kappa shape index (κ1) is 19.6. The van der Waals surface area contributed by atoms with Crippen LogP contribution in [0.15, 0.2) is 30.3 Å². The van der Waals surface area contributed by atoms with Gasteiger partial charge in [-0.2, -0.15) is 0 Å². The van der Waals surface area contributed by atoms with Crippen LogP contribution in [0.5, 0.6) is 28.7 Å². The second-order valence-electron chi connectivity index (χ2n) is 6.26. The highest BCUT2D eigenvalue weighted by Gasteiger charge is 2.49. The molecule has 0 bridgehead atoms. The normalized spacial score (nSPS) is 18.5. The monoisotopic (exact) mass is 389 g/mol. The number of hydrogen-bond donors (Lipinski definition) is 2. The zero-order valence-corrected chi connectivity index (χ0v) is 16.1. The third-order valence-electron chi connectivity index (χ3n) is 4.88. The van der Waals surface area contributed by atoms with Gasteiger partial charge < -0.3 is 34.1 Å². The smallest absolute Gasteiger partial charge is 0.235 e. The number of ether oxygens (including phenoxy) is 4. The number of aliphatic hydroxyl groups excluding tert-OH is 1. The number of benzene rings is 2. The van der Waals surface area contributed by atoms with Crippen molar-refractivity contribution in [2.24, 2.45) is 5.92 Å². The van der Waals surface area contributed by atoms with E-state index in [-0.39, 0.29) is 18.3 Å². The number of phenols is 1. The second-order valence-corrected chi connectivity index (χ2v) is 6.26. The van der Waals surface area contributed by atoms with Gasteiger partial charge in [0.1, 0.15) is 0 Å². The Bertz CT molecular complexity index is 858. The van der Waals surface area contributed by atoms with E-state index in [1.165, 1.54) is 39.4 Å². The Labute approximate surface area is 162 Å². The molecule has 1 aliphatic rings. The van der Waals surface area contributed by atoms with Crippen LogP contribution in [0, 0.1) is 5.92 Å². The molecule has 3 rings (SSSR count). The summed E-state index contributed by atoms with van der Waals surface area (Å²) in [6.07, 6.45) is 0. The zero-order chi connectivity index (χ0) is 20.4. The van der Waals surface area contributed by atoms with Crippen molar-refractivity contribution in [2.45, 2.75) is 6.04 Å². The Hall–Kier alpha value is -3.13. The van der Waals surface area contributed by atoms with Gasteiger partial charge in [-0.1, -0.05) is 6.07 Å². The lowest BCUT2D eigenvalue weighted by Crippen LogP contribution is -2.56. The van der Waals surface area contributed by atoms with E-state index < -0.39 is 12.0 Å². The maximum Gasteiger partial charge on any atom is 0.235 e. The molecule has 0 spiro atoms. The lowest BCUT2D eigenvalue weighted by molar-refractivity contribution is -0.132. The van der Waals surface area contributed by atoms with Gasteiger partial charge in [0.2, 0.25) is 11.7 Å². The van der Waals surface area contributed by atoms with Crippen molar-refractivity contribution in [3.05, 3.63) is 35.9 Å². The van der Waals surface area contributed by atoms with Crippen molar-refractivity contribution in [1.82, 2.24) is 0 Å². The molecule has 1 saturated heterocycles. The van der Waals surface area contributed by atoms with Crippen molar-refractivity contribution in [2.75, 3.05) is 39.9 Å². The number of aromatic hydroxyl groups is 1. The molecule has 2 N–H and O–H groups in total. The number of aliphatic hydroxyl groups is 1. The number of phenolic OH excluding ortho intramolecular Hbond substituents is 1. The van der Waals surface area contributed by atoms with Gasteiger partial charge in [-0.25, -0.2) is 0 Å². The van der Waals surface area contributed by atoms with E-state index >= 15 is 0 Å². The SMILES string of the molecule is COc1ccc([C@@H]2[C@H](CO)C(=O)N2c2cc(OC)c(OC)c(OC)c2)cc1O. The average molecular weight is 389 g/mol. The number of hydrogen-bond acceptors (Lipinski definition) is 7. The van der Waals surface area contributed by atoms with Crippen LogP contribution >= 0.6 is 0 Å². The third-order valence-corrected chi connectivity index (χ3v) is 4.88. The summed E-state index contributed by atoms with van der Waals surface area (Å²) in [5, 5.41) is 19.8. The fourth-order valence-corrected chi connectivity index (χ4v) is 3.49. The van der Waals surface area contributed by atoms with Crippen molar-refractivity contribution < 1.29 is 34.0 Å². The van der Waals surface area contributed by atoms with E-state index in [0.29, 0.717) is 34.2 Å². The molecule has 8 heteroatoms. The molecule has 1 heterocycles. The van der Waals surface area contributed by atoms with E-state index in [0.717, 1.165) is 0 Å². The Kier molecular flexibility index (Phi) is 5.51. The van der Waals surface area contributed by atoms with E-state index in [2.05, 4.69) is 0 Å². The summed E-state index contributed by atoms with van der Waals surface area (Å²) in [4.78, 5) is 14.2. The molecule has 0 aromatic heterocycles. The second kappa shape index (κ2) is 7.85. The lowest BCUT2D eigenvalue weighted by atomic mass is 9.82. The largest absolute Gasteiger partial charge is 0.504 e. The van der Waals surface area contributed by atoms with E-state index in [9.17, 15) is 15.0 Å². The molecule has 28 heavy (non-hydrogen) atoms. The summed E-state index contributed by atoms with van der Waals surface area (Å²) in [6, 6.07) is 7.78. The van der Waals surface area contributed by atoms with Crippen molar-refractivity contribution in [3.8, 4) is 28.7 Å². The van der Waals surface area contributed by atoms with E-state index in [1.54, 1.807) is 24.3 Å². The molecule has 0 unspecified atom stereocenters. The highest BCUT2D eigenvalue weighted by molar-refractivity contribution is 6.03. The number of amides is 1. The number of rotatable bonds is 7. The first-order chi connectivity index (χ1) is 13.5. The maximum absolute atomic E-state index is 12.7. The van der Waals surface area contributed by atoms with Gasteiger partial charge in [0.25, 0.3) is 0 Å². The average Bonchev–Trinajstić information content (AvgIpc) is 2.71. The van der Waals surface area contributed by atoms with Crippen molar-refractivity contribution in [3.63, 3.8) is 0 Å². The van der Waals surface area contributed by atoms with Crippen LogP contribution in [0.2, 0.25) is 0 Å². The molecule has 0 radical (unpaired) electrons. The maximum atomic E-state index is 12.7. The van der Waals surface area contributed by atoms with Gasteiger partial charge in [0, 0.05) is 12.1 Å².